The zero-order chi connectivity index (χ0) is 20.8. The van der Waals surface area contributed by atoms with Crippen LogP contribution < -0.4 is 0 Å². The summed E-state index contributed by atoms with van der Waals surface area (Å²) >= 11 is 0. The van der Waals surface area contributed by atoms with Crippen LogP contribution in [0.3, 0.4) is 0 Å². The van der Waals surface area contributed by atoms with Gasteiger partial charge < -0.3 is 10.0 Å². The van der Waals surface area contributed by atoms with E-state index < -0.39 is 5.82 Å². The lowest BCUT2D eigenvalue weighted by atomic mass is 10.0. The summed E-state index contributed by atoms with van der Waals surface area (Å²) in [6.45, 7) is 0.817. The van der Waals surface area contributed by atoms with Crippen molar-refractivity contribution in [2.24, 2.45) is 7.05 Å². The standard InChI is InChI=1S/C20H19FN4O.CH2O2/c1-24-19(14-5-3-2-4-6-14)16-8-11-25(12-9-18(16)23-24)20(26)15-7-10-22-13-17(15)21;2-1-3/h2-7,10,13H,8-9,11-12H2,1H3;1H,(H,2,3). The highest BCUT2D eigenvalue weighted by Gasteiger charge is 2.26. The number of nitrogens with zero attached hydrogens (tertiary/aromatic N) is 4. The molecule has 1 aromatic carbocycles. The first-order valence-electron chi connectivity index (χ1n) is 9.13. The lowest BCUT2D eigenvalue weighted by molar-refractivity contribution is -0.122. The second-order valence-corrected chi connectivity index (χ2v) is 6.52. The highest BCUT2D eigenvalue weighted by Crippen LogP contribution is 2.28. The van der Waals surface area contributed by atoms with Crippen LogP contribution in [0.15, 0.2) is 48.8 Å². The van der Waals surface area contributed by atoms with Crippen LogP contribution in [0, 0.1) is 5.82 Å². The summed E-state index contributed by atoms with van der Waals surface area (Å²) in [6.07, 6.45) is 3.88. The molecule has 1 N–H and O–H groups in total. The summed E-state index contributed by atoms with van der Waals surface area (Å²) in [7, 11) is 1.95. The molecular formula is C21H21FN4O3. The monoisotopic (exact) mass is 396 g/mol. The molecule has 150 valence electrons. The first kappa shape index (κ1) is 20.2. The zero-order valence-electron chi connectivity index (χ0n) is 16.0. The fraction of sp³-hybridized carbons (Fsp3) is 0.238. The molecule has 7 nitrogen and oxygen atoms in total. The summed E-state index contributed by atoms with van der Waals surface area (Å²) in [6, 6.07) is 11.6. The van der Waals surface area contributed by atoms with Crippen molar-refractivity contribution in [1.29, 1.82) is 0 Å². The normalized spacial score (nSPS) is 13.0. The minimum absolute atomic E-state index is 0.0726. The van der Waals surface area contributed by atoms with E-state index in [0.717, 1.165) is 23.1 Å². The number of benzene rings is 1. The van der Waals surface area contributed by atoms with Crippen molar-refractivity contribution >= 4 is 12.4 Å². The molecular weight excluding hydrogens is 375 g/mol. The van der Waals surface area contributed by atoms with Gasteiger partial charge in [0.2, 0.25) is 0 Å². The van der Waals surface area contributed by atoms with Gasteiger partial charge >= 0.3 is 0 Å². The molecule has 0 unspecified atom stereocenters. The predicted molar refractivity (Wildman–Crippen MR) is 105 cm³/mol. The van der Waals surface area contributed by atoms with Crippen molar-refractivity contribution in [2.75, 3.05) is 13.1 Å². The van der Waals surface area contributed by atoms with Crippen molar-refractivity contribution < 1.29 is 19.1 Å². The van der Waals surface area contributed by atoms with Crippen LogP contribution >= 0.6 is 0 Å². The van der Waals surface area contributed by atoms with Crippen LogP contribution in [0.5, 0.6) is 0 Å². The summed E-state index contributed by atoms with van der Waals surface area (Å²) < 4.78 is 15.8. The van der Waals surface area contributed by atoms with Gasteiger partial charge in [0.1, 0.15) is 0 Å². The molecule has 0 bridgehead atoms. The SMILES string of the molecule is Cn1nc2c(c1-c1ccccc1)CCN(C(=O)c1ccncc1F)CC2.O=CO. The highest BCUT2D eigenvalue weighted by molar-refractivity contribution is 5.94. The van der Waals surface area contributed by atoms with E-state index in [0.29, 0.717) is 25.9 Å². The maximum atomic E-state index is 13.9. The number of pyridine rings is 1. The molecule has 0 fully saturated rings. The second-order valence-electron chi connectivity index (χ2n) is 6.52. The Morgan fingerprint density at radius 2 is 1.86 bits per heavy atom. The van der Waals surface area contributed by atoms with Crippen LogP contribution in [-0.4, -0.2) is 50.2 Å². The predicted octanol–water partition coefficient (Wildman–Crippen LogP) is 2.56. The third kappa shape index (κ3) is 4.31. The van der Waals surface area contributed by atoms with E-state index in [4.69, 9.17) is 9.90 Å². The summed E-state index contributed by atoms with van der Waals surface area (Å²) in [4.78, 5) is 26.5. The van der Waals surface area contributed by atoms with Gasteiger partial charge in [-0.05, 0) is 12.5 Å². The number of fused-ring (bicyclic) bond motifs is 1. The molecule has 0 atom stereocenters. The number of halogens is 1. The van der Waals surface area contributed by atoms with E-state index in [2.05, 4.69) is 22.2 Å². The molecule has 8 heteroatoms. The molecule has 4 rings (SSSR count). The van der Waals surface area contributed by atoms with E-state index in [-0.39, 0.29) is 17.9 Å². The highest BCUT2D eigenvalue weighted by atomic mass is 19.1. The molecule has 0 spiro atoms. The average Bonchev–Trinajstić information content (AvgIpc) is 2.90. The van der Waals surface area contributed by atoms with Crippen LogP contribution in [0.1, 0.15) is 21.6 Å². The number of aryl methyl sites for hydroxylation is 1. The number of aromatic nitrogens is 3. The summed E-state index contributed by atoms with van der Waals surface area (Å²) in [5.41, 5.74) is 4.46. The molecule has 0 aliphatic carbocycles. The third-order valence-electron chi connectivity index (χ3n) is 4.82. The maximum absolute atomic E-state index is 13.9. The maximum Gasteiger partial charge on any atom is 0.290 e. The lowest BCUT2D eigenvalue weighted by Crippen LogP contribution is -2.34. The molecule has 2 aromatic heterocycles. The summed E-state index contributed by atoms with van der Waals surface area (Å²) in [5, 5.41) is 11.6. The Morgan fingerprint density at radius 3 is 2.55 bits per heavy atom. The van der Waals surface area contributed by atoms with Crippen molar-refractivity contribution in [1.82, 2.24) is 19.7 Å². The van der Waals surface area contributed by atoms with Crippen LogP contribution in [0.2, 0.25) is 0 Å². The number of hydrogen-bond acceptors (Lipinski definition) is 4. The Labute approximate surface area is 167 Å². The quantitative estimate of drug-likeness (QED) is 0.673. The zero-order valence-corrected chi connectivity index (χ0v) is 16.0. The third-order valence-corrected chi connectivity index (χ3v) is 4.82. The van der Waals surface area contributed by atoms with Gasteiger partial charge in [-0.3, -0.25) is 19.3 Å². The van der Waals surface area contributed by atoms with E-state index in [1.54, 1.807) is 4.90 Å². The first-order valence-corrected chi connectivity index (χ1v) is 9.13. The molecule has 1 aliphatic rings. The lowest BCUT2D eigenvalue weighted by Gasteiger charge is -2.20. The molecule has 0 saturated carbocycles. The number of carbonyl (C=O) groups is 2. The van der Waals surface area contributed by atoms with E-state index >= 15 is 0 Å². The van der Waals surface area contributed by atoms with Crippen molar-refractivity contribution in [3.63, 3.8) is 0 Å². The Morgan fingerprint density at radius 1 is 1.17 bits per heavy atom. The van der Waals surface area contributed by atoms with Gasteiger partial charge in [0, 0.05) is 43.9 Å². The molecule has 29 heavy (non-hydrogen) atoms. The smallest absolute Gasteiger partial charge is 0.290 e. The molecule has 0 radical (unpaired) electrons. The fourth-order valence-corrected chi connectivity index (χ4v) is 3.57. The van der Waals surface area contributed by atoms with Gasteiger partial charge in [0.25, 0.3) is 12.4 Å². The Kier molecular flexibility index (Phi) is 6.33. The Hall–Kier alpha value is -3.55. The Balaban J connectivity index is 0.000000755. The van der Waals surface area contributed by atoms with Crippen LogP contribution in [0.4, 0.5) is 4.39 Å². The molecule has 3 heterocycles. The van der Waals surface area contributed by atoms with E-state index in [1.165, 1.54) is 17.8 Å². The fourth-order valence-electron chi connectivity index (χ4n) is 3.57. The minimum atomic E-state index is -0.580. The minimum Gasteiger partial charge on any atom is -0.483 e. The number of carbonyl (C=O) groups excluding carboxylic acids is 1. The Bertz CT molecular complexity index is 1000. The van der Waals surface area contributed by atoms with Crippen molar-refractivity contribution in [2.45, 2.75) is 12.8 Å². The average molecular weight is 396 g/mol. The van der Waals surface area contributed by atoms with Gasteiger partial charge in [0.05, 0.1) is 23.1 Å². The van der Waals surface area contributed by atoms with E-state index in [1.807, 2.05) is 29.9 Å². The topological polar surface area (TPSA) is 88.3 Å². The van der Waals surface area contributed by atoms with E-state index in [9.17, 15) is 9.18 Å². The van der Waals surface area contributed by atoms with Crippen molar-refractivity contribution in [3.8, 4) is 11.3 Å². The van der Waals surface area contributed by atoms with Gasteiger partial charge in [-0.15, -0.1) is 0 Å². The molecule has 1 amide bonds. The van der Waals surface area contributed by atoms with Gasteiger partial charge in [-0.25, -0.2) is 4.39 Å². The first-order chi connectivity index (χ1) is 14.1. The number of carboxylic acid groups (broad SMARTS) is 1. The summed E-state index contributed by atoms with van der Waals surface area (Å²) in [5.74, 6) is -0.871. The molecule has 0 saturated heterocycles. The molecule has 1 aliphatic heterocycles. The van der Waals surface area contributed by atoms with Crippen LogP contribution in [-0.2, 0) is 24.7 Å². The van der Waals surface area contributed by atoms with Crippen LogP contribution in [0.25, 0.3) is 11.3 Å². The largest absolute Gasteiger partial charge is 0.483 e. The number of amides is 1. The van der Waals surface area contributed by atoms with Gasteiger partial charge in [-0.2, -0.15) is 5.10 Å². The van der Waals surface area contributed by atoms with Gasteiger partial charge in [-0.1, -0.05) is 30.3 Å². The number of rotatable bonds is 2. The van der Waals surface area contributed by atoms with Gasteiger partial charge in [0.15, 0.2) is 5.82 Å². The second kappa shape index (κ2) is 9.09. The molecule has 3 aromatic rings. The number of hydrogen-bond donors (Lipinski definition) is 1. The van der Waals surface area contributed by atoms with Crippen molar-refractivity contribution in [3.05, 3.63) is 71.4 Å².